The number of pyridine rings is 1. The Kier molecular flexibility index (Phi) is 4.37. The number of hydrogen-bond acceptors (Lipinski definition) is 4. The number of aromatic nitrogens is 2. The highest BCUT2D eigenvalue weighted by molar-refractivity contribution is 7.20. The van der Waals surface area contributed by atoms with Crippen LogP contribution >= 0.6 is 11.3 Å². The number of fused-ring (bicyclic) bond motifs is 2. The summed E-state index contributed by atoms with van der Waals surface area (Å²) in [6.07, 6.45) is 4.78. The van der Waals surface area contributed by atoms with E-state index in [-0.39, 0.29) is 17.6 Å². The Hall–Kier alpha value is -2.77. The molecule has 7 heteroatoms. The zero-order valence-corrected chi connectivity index (χ0v) is 16.9. The van der Waals surface area contributed by atoms with E-state index in [1.807, 2.05) is 29.8 Å². The summed E-state index contributed by atoms with van der Waals surface area (Å²) in [6, 6.07) is 8.86. The Morgan fingerprint density at radius 1 is 1.34 bits per heavy atom. The number of rotatable bonds is 4. The molecule has 148 valence electrons. The largest absolute Gasteiger partial charge is 0.365 e. The third kappa shape index (κ3) is 3.10. The molecule has 1 aromatic carbocycles. The Labute approximate surface area is 171 Å². The number of amides is 1. The first-order valence-electron chi connectivity index (χ1n) is 9.64. The average Bonchev–Trinajstić information content (AvgIpc) is 3.38. The molecule has 1 saturated heterocycles. The molecule has 0 saturated carbocycles. The minimum atomic E-state index is -0.383. The van der Waals surface area contributed by atoms with E-state index in [1.54, 1.807) is 12.3 Å². The van der Waals surface area contributed by atoms with E-state index in [1.165, 1.54) is 17.4 Å². The lowest BCUT2D eigenvalue weighted by molar-refractivity contribution is 0.100. The standard InChI is InChI=1S/C22H21FN4OS/c1-26-10-14(17-9-15(23)4-5-18(17)26)12-27-8-6-13(11-27)19-16-3-2-7-25-22(16)29-20(19)21(24)28/h2-5,7,9-10,13H,6,8,11-12H2,1H3,(H2,24,28). The fourth-order valence-electron chi connectivity index (χ4n) is 4.56. The number of carbonyl (C=O) groups excluding carboxylic acids is 1. The van der Waals surface area contributed by atoms with Gasteiger partial charge in [-0.05, 0) is 48.4 Å². The molecule has 3 aromatic heterocycles. The van der Waals surface area contributed by atoms with Gasteiger partial charge in [0.1, 0.15) is 10.6 Å². The summed E-state index contributed by atoms with van der Waals surface area (Å²) in [5, 5.41) is 1.99. The minimum absolute atomic E-state index is 0.215. The number of carbonyl (C=O) groups is 1. The molecular weight excluding hydrogens is 387 g/mol. The van der Waals surface area contributed by atoms with Crippen molar-refractivity contribution in [2.45, 2.75) is 18.9 Å². The second-order valence-corrected chi connectivity index (χ2v) is 8.71. The normalized spacial score (nSPS) is 17.5. The number of nitrogens with zero attached hydrogens (tertiary/aromatic N) is 3. The lowest BCUT2D eigenvalue weighted by Crippen LogP contribution is -2.20. The lowest BCUT2D eigenvalue weighted by atomic mass is 9.95. The van der Waals surface area contributed by atoms with Crippen molar-refractivity contribution in [2.75, 3.05) is 13.1 Å². The molecule has 4 heterocycles. The van der Waals surface area contributed by atoms with E-state index >= 15 is 0 Å². The van der Waals surface area contributed by atoms with Crippen molar-refractivity contribution in [3.05, 3.63) is 64.5 Å². The van der Waals surface area contributed by atoms with Gasteiger partial charge in [-0.1, -0.05) is 6.07 Å². The fraction of sp³-hybridized carbons (Fsp3) is 0.273. The molecule has 1 unspecified atom stereocenters. The van der Waals surface area contributed by atoms with Crippen LogP contribution in [-0.4, -0.2) is 33.4 Å². The van der Waals surface area contributed by atoms with Crippen LogP contribution in [-0.2, 0) is 13.6 Å². The Balaban J connectivity index is 1.45. The van der Waals surface area contributed by atoms with Crippen molar-refractivity contribution in [1.82, 2.24) is 14.5 Å². The maximum absolute atomic E-state index is 13.8. The zero-order valence-electron chi connectivity index (χ0n) is 16.1. The van der Waals surface area contributed by atoms with Gasteiger partial charge in [-0.15, -0.1) is 11.3 Å². The van der Waals surface area contributed by atoms with Crippen LogP contribution in [0.4, 0.5) is 4.39 Å². The van der Waals surface area contributed by atoms with E-state index in [0.717, 1.165) is 58.3 Å². The van der Waals surface area contributed by atoms with E-state index in [9.17, 15) is 9.18 Å². The molecule has 1 aliphatic heterocycles. The van der Waals surface area contributed by atoms with Crippen LogP contribution in [0.2, 0.25) is 0 Å². The van der Waals surface area contributed by atoms with Gasteiger partial charge in [0, 0.05) is 54.7 Å². The fourth-order valence-corrected chi connectivity index (χ4v) is 5.65. The molecule has 5 nitrogen and oxygen atoms in total. The molecule has 1 aliphatic rings. The van der Waals surface area contributed by atoms with Crippen LogP contribution in [0.1, 0.15) is 33.1 Å². The number of benzene rings is 1. The van der Waals surface area contributed by atoms with Gasteiger partial charge in [0.2, 0.25) is 0 Å². The first-order chi connectivity index (χ1) is 14.0. The predicted molar refractivity (Wildman–Crippen MR) is 114 cm³/mol. The predicted octanol–water partition coefficient (Wildman–Crippen LogP) is 4.02. The van der Waals surface area contributed by atoms with Crippen LogP contribution in [0.25, 0.3) is 21.1 Å². The van der Waals surface area contributed by atoms with Crippen LogP contribution in [0.15, 0.2) is 42.7 Å². The van der Waals surface area contributed by atoms with Gasteiger partial charge in [-0.25, -0.2) is 9.37 Å². The summed E-state index contributed by atoms with van der Waals surface area (Å²) in [5.74, 6) is -0.360. The highest BCUT2D eigenvalue weighted by atomic mass is 32.1. The van der Waals surface area contributed by atoms with E-state index in [2.05, 4.69) is 16.1 Å². The van der Waals surface area contributed by atoms with Crippen LogP contribution in [0.3, 0.4) is 0 Å². The molecule has 29 heavy (non-hydrogen) atoms. The van der Waals surface area contributed by atoms with Crippen molar-refractivity contribution in [3.63, 3.8) is 0 Å². The monoisotopic (exact) mass is 408 g/mol. The van der Waals surface area contributed by atoms with Crippen molar-refractivity contribution < 1.29 is 9.18 Å². The second kappa shape index (κ2) is 6.93. The van der Waals surface area contributed by atoms with Gasteiger partial charge in [-0.3, -0.25) is 9.69 Å². The van der Waals surface area contributed by atoms with E-state index < -0.39 is 0 Å². The van der Waals surface area contributed by atoms with Crippen LogP contribution < -0.4 is 5.73 Å². The Bertz CT molecular complexity index is 1240. The first kappa shape index (κ1) is 18.3. The van der Waals surface area contributed by atoms with Crippen LogP contribution in [0, 0.1) is 5.82 Å². The van der Waals surface area contributed by atoms with Crippen molar-refractivity contribution in [2.24, 2.45) is 12.8 Å². The number of nitrogens with two attached hydrogens (primary N) is 1. The molecule has 4 aromatic rings. The number of aryl methyl sites for hydroxylation is 1. The molecule has 5 rings (SSSR count). The minimum Gasteiger partial charge on any atom is -0.365 e. The Morgan fingerprint density at radius 3 is 3.03 bits per heavy atom. The summed E-state index contributed by atoms with van der Waals surface area (Å²) in [5.41, 5.74) is 8.86. The van der Waals surface area contributed by atoms with Gasteiger partial charge in [-0.2, -0.15) is 0 Å². The topological polar surface area (TPSA) is 64.2 Å². The quantitative estimate of drug-likeness (QED) is 0.555. The third-order valence-electron chi connectivity index (χ3n) is 5.84. The number of thiophene rings is 1. The number of halogens is 1. The van der Waals surface area contributed by atoms with Gasteiger partial charge in [0.15, 0.2) is 0 Å². The molecule has 0 aliphatic carbocycles. The SMILES string of the molecule is Cn1cc(CN2CCC(c3c(C(N)=O)sc4ncccc34)C2)c2cc(F)ccc21. The Morgan fingerprint density at radius 2 is 2.21 bits per heavy atom. The summed E-state index contributed by atoms with van der Waals surface area (Å²) >= 11 is 1.38. The number of hydrogen-bond donors (Lipinski definition) is 1. The molecule has 1 amide bonds. The maximum atomic E-state index is 13.8. The number of likely N-dealkylation sites (tertiary alicyclic amines) is 1. The first-order valence-corrected chi connectivity index (χ1v) is 10.5. The molecule has 2 N–H and O–H groups in total. The molecule has 0 radical (unpaired) electrons. The molecular formula is C22H21FN4OS. The molecule has 0 bridgehead atoms. The third-order valence-corrected chi connectivity index (χ3v) is 6.98. The molecule has 1 atom stereocenters. The van der Waals surface area contributed by atoms with Crippen molar-refractivity contribution in [3.8, 4) is 0 Å². The highest BCUT2D eigenvalue weighted by Crippen LogP contribution is 2.39. The van der Waals surface area contributed by atoms with E-state index in [4.69, 9.17) is 5.73 Å². The summed E-state index contributed by atoms with van der Waals surface area (Å²) in [6.45, 7) is 2.52. The summed E-state index contributed by atoms with van der Waals surface area (Å²) in [7, 11) is 1.99. The van der Waals surface area contributed by atoms with Gasteiger partial charge in [0.05, 0.1) is 4.88 Å². The second-order valence-electron chi connectivity index (χ2n) is 7.71. The van der Waals surface area contributed by atoms with Gasteiger partial charge >= 0.3 is 0 Å². The number of primary amides is 1. The summed E-state index contributed by atoms with van der Waals surface area (Å²) in [4.78, 5) is 20.3. The molecule has 1 fully saturated rings. The van der Waals surface area contributed by atoms with Crippen molar-refractivity contribution in [1.29, 1.82) is 0 Å². The highest BCUT2D eigenvalue weighted by Gasteiger charge is 2.30. The average molecular weight is 409 g/mol. The zero-order chi connectivity index (χ0) is 20.1. The van der Waals surface area contributed by atoms with Gasteiger partial charge in [0.25, 0.3) is 5.91 Å². The lowest BCUT2D eigenvalue weighted by Gasteiger charge is -2.16. The smallest absolute Gasteiger partial charge is 0.259 e. The molecule has 0 spiro atoms. The maximum Gasteiger partial charge on any atom is 0.259 e. The van der Waals surface area contributed by atoms with E-state index in [0.29, 0.717) is 4.88 Å². The summed E-state index contributed by atoms with van der Waals surface area (Å²) < 4.78 is 15.8. The van der Waals surface area contributed by atoms with Crippen LogP contribution in [0.5, 0.6) is 0 Å². The van der Waals surface area contributed by atoms with Gasteiger partial charge < -0.3 is 10.3 Å². The van der Waals surface area contributed by atoms with Crippen molar-refractivity contribution >= 4 is 38.4 Å².